The third-order valence-electron chi connectivity index (χ3n) is 5.07. The number of halogens is 2. The molecule has 0 bridgehead atoms. The van der Waals surface area contributed by atoms with Crippen LogP contribution in [0.1, 0.15) is 31.2 Å². The van der Waals surface area contributed by atoms with E-state index in [2.05, 4.69) is 5.32 Å². The lowest BCUT2D eigenvalue weighted by molar-refractivity contribution is -0.144. The maximum atomic E-state index is 12.9. The van der Waals surface area contributed by atoms with Gasteiger partial charge in [-0.05, 0) is 62.9 Å². The van der Waals surface area contributed by atoms with Crippen LogP contribution in [0.3, 0.4) is 0 Å². The first-order valence-corrected chi connectivity index (χ1v) is 8.96. The molecule has 2 fully saturated rings. The van der Waals surface area contributed by atoms with E-state index in [0.717, 1.165) is 50.9 Å². The number of piperidine rings is 2. The number of hydrogen-bond donors (Lipinski definition) is 2. The van der Waals surface area contributed by atoms with Gasteiger partial charge in [-0.15, -0.1) is 12.4 Å². The van der Waals surface area contributed by atoms with Gasteiger partial charge in [-0.25, -0.2) is 0 Å². The summed E-state index contributed by atoms with van der Waals surface area (Å²) in [5.74, 6) is 0.332. The van der Waals surface area contributed by atoms with Crippen LogP contribution in [0.15, 0.2) is 24.3 Å². The van der Waals surface area contributed by atoms with E-state index in [9.17, 15) is 9.90 Å². The third kappa shape index (κ3) is 4.63. The molecular weight excluding hydrogens is 347 g/mol. The van der Waals surface area contributed by atoms with E-state index in [4.69, 9.17) is 11.6 Å². The number of carbonyl (C=O) groups excluding carboxylic acids is 1. The highest BCUT2D eigenvalue weighted by Crippen LogP contribution is 2.26. The first-order chi connectivity index (χ1) is 11.1. The van der Waals surface area contributed by atoms with Gasteiger partial charge in [0.15, 0.2) is 0 Å². The number of likely N-dealkylation sites (tertiary alicyclic amines) is 1. The molecule has 134 valence electrons. The summed E-state index contributed by atoms with van der Waals surface area (Å²) in [6.45, 7) is 2.58. The number of benzene rings is 1. The fraction of sp³-hybridized carbons (Fsp3) is 0.611. The van der Waals surface area contributed by atoms with Crippen molar-refractivity contribution in [1.29, 1.82) is 0 Å². The second-order valence-electron chi connectivity index (χ2n) is 6.66. The minimum Gasteiger partial charge on any atom is -0.391 e. The van der Waals surface area contributed by atoms with Crippen LogP contribution in [0.2, 0.25) is 5.02 Å². The largest absolute Gasteiger partial charge is 0.391 e. The molecule has 0 spiro atoms. The Morgan fingerprint density at radius 2 is 1.88 bits per heavy atom. The first kappa shape index (κ1) is 19.5. The summed E-state index contributed by atoms with van der Waals surface area (Å²) in [5.41, 5.74) is 1.11. The average Bonchev–Trinajstić information content (AvgIpc) is 2.59. The van der Waals surface area contributed by atoms with Gasteiger partial charge in [0.05, 0.1) is 12.1 Å². The molecule has 0 radical (unpaired) electrons. The van der Waals surface area contributed by atoms with Crippen LogP contribution in [0.5, 0.6) is 0 Å². The summed E-state index contributed by atoms with van der Waals surface area (Å²) in [6, 6.07) is 7.58. The summed E-state index contributed by atoms with van der Waals surface area (Å²) < 4.78 is 0. The Morgan fingerprint density at radius 1 is 1.21 bits per heavy atom. The molecule has 4 nitrogen and oxygen atoms in total. The highest BCUT2D eigenvalue weighted by Gasteiger charge is 2.36. The maximum absolute atomic E-state index is 12.9. The van der Waals surface area contributed by atoms with Crippen molar-refractivity contribution in [1.82, 2.24) is 10.2 Å². The molecular formula is C18H26Cl2N2O2. The monoisotopic (exact) mass is 372 g/mol. The summed E-state index contributed by atoms with van der Waals surface area (Å²) in [4.78, 5) is 14.9. The van der Waals surface area contributed by atoms with E-state index in [0.29, 0.717) is 11.4 Å². The Labute approximate surface area is 155 Å². The van der Waals surface area contributed by atoms with Crippen molar-refractivity contribution >= 4 is 29.9 Å². The number of nitrogens with zero attached hydrogens (tertiary/aromatic N) is 1. The molecule has 0 saturated carbocycles. The summed E-state index contributed by atoms with van der Waals surface area (Å²) in [6.07, 6.45) is 3.71. The third-order valence-corrected chi connectivity index (χ3v) is 5.32. The second-order valence-corrected chi connectivity index (χ2v) is 7.10. The topological polar surface area (TPSA) is 52.6 Å². The molecule has 2 aliphatic heterocycles. The number of carbonyl (C=O) groups is 1. The molecule has 0 aromatic heterocycles. The van der Waals surface area contributed by atoms with E-state index in [1.165, 1.54) is 0 Å². The molecule has 0 aliphatic carbocycles. The Hall–Kier alpha value is -0.810. The van der Waals surface area contributed by atoms with Crippen LogP contribution in [-0.2, 0) is 11.2 Å². The predicted molar refractivity (Wildman–Crippen MR) is 98.7 cm³/mol. The molecule has 3 rings (SSSR count). The zero-order valence-corrected chi connectivity index (χ0v) is 15.4. The smallest absolute Gasteiger partial charge is 0.226 e. The van der Waals surface area contributed by atoms with Gasteiger partial charge in [0.25, 0.3) is 0 Å². The van der Waals surface area contributed by atoms with E-state index in [-0.39, 0.29) is 30.3 Å². The highest BCUT2D eigenvalue weighted by molar-refractivity contribution is 6.30. The number of amides is 1. The molecule has 1 aromatic rings. The predicted octanol–water partition coefficient (Wildman–Crippen LogP) is 2.66. The highest BCUT2D eigenvalue weighted by atomic mass is 35.5. The van der Waals surface area contributed by atoms with Crippen molar-refractivity contribution in [3.63, 3.8) is 0 Å². The van der Waals surface area contributed by atoms with Crippen molar-refractivity contribution in [3.8, 4) is 0 Å². The molecule has 2 saturated heterocycles. The van der Waals surface area contributed by atoms with Crippen molar-refractivity contribution in [2.45, 2.75) is 44.2 Å². The van der Waals surface area contributed by atoms with Crippen molar-refractivity contribution < 1.29 is 9.90 Å². The minimum atomic E-state index is -0.440. The van der Waals surface area contributed by atoms with E-state index in [1.54, 1.807) is 0 Å². The molecule has 2 N–H and O–H groups in total. The van der Waals surface area contributed by atoms with Crippen LogP contribution in [0, 0.1) is 5.92 Å². The molecule has 2 atom stereocenters. The average molecular weight is 373 g/mol. The Morgan fingerprint density at radius 3 is 2.54 bits per heavy atom. The normalized spacial score (nSPS) is 25.2. The lowest BCUT2D eigenvalue weighted by atomic mass is 9.89. The summed E-state index contributed by atoms with van der Waals surface area (Å²) >= 11 is 5.94. The quantitative estimate of drug-likeness (QED) is 0.857. The zero-order valence-electron chi connectivity index (χ0n) is 13.8. The van der Waals surface area contributed by atoms with Gasteiger partial charge in [-0.3, -0.25) is 4.79 Å². The van der Waals surface area contributed by atoms with Gasteiger partial charge in [0.1, 0.15) is 0 Å². The van der Waals surface area contributed by atoms with Crippen LogP contribution < -0.4 is 5.32 Å². The maximum Gasteiger partial charge on any atom is 0.226 e. The van der Waals surface area contributed by atoms with Crippen molar-refractivity contribution in [2.24, 2.45) is 5.92 Å². The van der Waals surface area contributed by atoms with Gasteiger partial charge in [0.2, 0.25) is 5.91 Å². The molecule has 1 amide bonds. The molecule has 6 heteroatoms. The second kappa shape index (κ2) is 9.04. The number of hydrogen-bond acceptors (Lipinski definition) is 3. The van der Waals surface area contributed by atoms with Crippen LogP contribution >= 0.6 is 24.0 Å². The number of nitrogens with one attached hydrogen (secondary N) is 1. The van der Waals surface area contributed by atoms with Crippen LogP contribution in [0.4, 0.5) is 0 Å². The van der Waals surface area contributed by atoms with Gasteiger partial charge in [0, 0.05) is 17.5 Å². The summed E-state index contributed by atoms with van der Waals surface area (Å²) in [7, 11) is 0. The SMILES string of the molecule is Cl.O=C(C1CCNCC1)N1CCC[C@H](O)[C@@H]1Cc1ccc(Cl)cc1. The minimum absolute atomic E-state index is 0. The van der Waals surface area contributed by atoms with Gasteiger partial charge < -0.3 is 15.3 Å². The standard InChI is InChI=1S/C18H25ClN2O2.ClH/c19-15-5-3-13(4-6-15)12-16-17(22)2-1-11-21(16)18(23)14-7-9-20-10-8-14;/h3-6,14,16-17,20,22H,1-2,7-12H2;1H/t16-,17-;/m0./s1. The summed E-state index contributed by atoms with van der Waals surface area (Å²) in [5, 5.41) is 14.5. The first-order valence-electron chi connectivity index (χ1n) is 8.59. The van der Waals surface area contributed by atoms with Crippen molar-refractivity contribution in [3.05, 3.63) is 34.9 Å². The number of rotatable bonds is 3. The van der Waals surface area contributed by atoms with Gasteiger partial charge in [-0.2, -0.15) is 0 Å². The zero-order chi connectivity index (χ0) is 16.2. The lowest BCUT2D eigenvalue weighted by Crippen LogP contribution is -2.54. The fourth-order valence-electron chi connectivity index (χ4n) is 3.72. The lowest BCUT2D eigenvalue weighted by Gasteiger charge is -2.41. The van der Waals surface area contributed by atoms with Gasteiger partial charge in [-0.1, -0.05) is 23.7 Å². The Balaban J connectivity index is 0.00000208. The molecule has 24 heavy (non-hydrogen) atoms. The molecule has 2 aliphatic rings. The van der Waals surface area contributed by atoms with E-state index < -0.39 is 6.10 Å². The van der Waals surface area contributed by atoms with E-state index >= 15 is 0 Å². The fourth-order valence-corrected chi connectivity index (χ4v) is 3.85. The van der Waals surface area contributed by atoms with Crippen LogP contribution in [0.25, 0.3) is 0 Å². The van der Waals surface area contributed by atoms with E-state index in [1.807, 2.05) is 29.2 Å². The number of aliphatic hydroxyl groups excluding tert-OH is 1. The van der Waals surface area contributed by atoms with Crippen molar-refractivity contribution in [2.75, 3.05) is 19.6 Å². The number of aliphatic hydroxyl groups is 1. The molecule has 1 aromatic carbocycles. The van der Waals surface area contributed by atoms with Gasteiger partial charge >= 0.3 is 0 Å². The molecule has 0 unspecified atom stereocenters. The molecule has 2 heterocycles. The Kier molecular flexibility index (Phi) is 7.35. The van der Waals surface area contributed by atoms with Crippen LogP contribution in [-0.4, -0.2) is 47.7 Å². The Bertz CT molecular complexity index is 532.